The lowest BCUT2D eigenvalue weighted by Gasteiger charge is -2.17. The minimum Gasteiger partial charge on any atom is -0.305 e. The summed E-state index contributed by atoms with van der Waals surface area (Å²) in [5.41, 5.74) is 1.30. The number of benzene rings is 1. The van der Waals surface area contributed by atoms with Gasteiger partial charge in [0.15, 0.2) is 5.82 Å². The van der Waals surface area contributed by atoms with Crippen LogP contribution < -0.4 is 5.32 Å². The average Bonchev–Trinajstić information content (AvgIpc) is 2.85. The molecule has 18 heavy (non-hydrogen) atoms. The summed E-state index contributed by atoms with van der Waals surface area (Å²) in [6.07, 6.45) is 0.968. The van der Waals surface area contributed by atoms with Crippen LogP contribution in [-0.2, 0) is 6.42 Å². The van der Waals surface area contributed by atoms with Gasteiger partial charge in [-0.25, -0.2) is 0 Å². The zero-order chi connectivity index (χ0) is 13.0. The maximum atomic E-state index is 3.97. The summed E-state index contributed by atoms with van der Waals surface area (Å²) < 4.78 is 1.10. The summed E-state index contributed by atoms with van der Waals surface area (Å²) in [7, 11) is 0. The largest absolute Gasteiger partial charge is 0.305 e. The Morgan fingerprint density at radius 3 is 2.61 bits per heavy atom. The number of H-pyrrole nitrogens is 1. The van der Waals surface area contributed by atoms with Gasteiger partial charge in [-0.05, 0) is 38.0 Å². The van der Waals surface area contributed by atoms with Crippen LogP contribution in [0.1, 0.15) is 31.3 Å². The molecule has 5 nitrogen and oxygen atoms in total. The van der Waals surface area contributed by atoms with E-state index < -0.39 is 0 Å². The second-order valence-corrected chi connectivity index (χ2v) is 5.31. The number of halogens is 1. The Hall–Kier alpha value is -1.27. The molecule has 0 saturated carbocycles. The van der Waals surface area contributed by atoms with Gasteiger partial charge in [-0.2, -0.15) is 5.21 Å². The zero-order valence-corrected chi connectivity index (χ0v) is 12.0. The SMILES string of the molecule is CC(Cc1ccc(Br)cc1)NC(C)c1nn[nH]n1. The number of aromatic amines is 1. The van der Waals surface area contributed by atoms with Crippen LogP contribution >= 0.6 is 15.9 Å². The van der Waals surface area contributed by atoms with Crippen molar-refractivity contribution in [2.45, 2.75) is 32.4 Å². The highest BCUT2D eigenvalue weighted by Gasteiger charge is 2.13. The van der Waals surface area contributed by atoms with Crippen LogP contribution in [0.3, 0.4) is 0 Å². The van der Waals surface area contributed by atoms with Crippen molar-refractivity contribution in [1.82, 2.24) is 25.9 Å². The lowest BCUT2D eigenvalue weighted by Crippen LogP contribution is -2.31. The van der Waals surface area contributed by atoms with Gasteiger partial charge in [0.2, 0.25) is 0 Å². The average molecular weight is 310 g/mol. The molecule has 0 radical (unpaired) electrons. The van der Waals surface area contributed by atoms with Gasteiger partial charge < -0.3 is 5.32 Å². The highest BCUT2D eigenvalue weighted by Crippen LogP contribution is 2.13. The number of hydrogen-bond donors (Lipinski definition) is 2. The van der Waals surface area contributed by atoms with E-state index >= 15 is 0 Å². The van der Waals surface area contributed by atoms with E-state index in [2.05, 4.69) is 73.1 Å². The topological polar surface area (TPSA) is 66.5 Å². The maximum absolute atomic E-state index is 3.97. The van der Waals surface area contributed by atoms with E-state index in [0.717, 1.165) is 10.9 Å². The van der Waals surface area contributed by atoms with Crippen molar-refractivity contribution in [3.05, 3.63) is 40.1 Å². The molecule has 0 aliphatic carbocycles. The highest BCUT2D eigenvalue weighted by atomic mass is 79.9. The number of tetrazole rings is 1. The quantitative estimate of drug-likeness (QED) is 0.889. The molecule has 6 heteroatoms. The smallest absolute Gasteiger partial charge is 0.191 e. The van der Waals surface area contributed by atoms with Gasteiger partial charge in [-0.1, -0.05) is 33.3 Å². The van der Waals surface area contributed by atoms with Gasteiger partial charge in [0.1, 0.15) is 0 Å². The molecule has 2 aromatic rings. The van der Waals surface area contributed by atoms with Gasteiger partial charge in [-0.3, -0.25) is 0 Å². The summed E-state index contributed by atoms with van der Waals surface area (Å²) in [6, 6.07) is 8.81. The van der Waals surface area contributed by atoms with E-state index in [4.69, 9.17) is 0 Å². The molecule has 0 fully saturated rings. The van der Waals surface area contributed by atoms with Crippen molar-refractivity contribution in [2.75, 3.05) is 0 Å². The molecular weight excluding hydrogens is 294 g/mol. The van der Waals surface area contributed by atoms with E-state index in [1.165, 1.54) is 5.56 Å². The zero-order valence-electron chi connectivity index (χ0n) is 10.4. The number of aromatic nitrogens is 4. The molecule has 2 unspecified atom stereocenters. The molecule has 0 aliphatic rings. The van der Waals surface area contributed by atoms with E-state index in [9.17, 15) is 0 Å². The third-order valence-corrected chi connectivity index (χ3v) is 3.27. The third-order valence-electron chi connectivity index (χ3n) is 2.74. The van der Waals surface area contributed by atoms with Crippen molar-refractivity contribution < 1.29 is 0 Å². The van der Waals surface area contributed by atoms with Crippen LogP contribution in [0.2, 0.25) is 0 Å². The van der Waals surface area contributed by atoms with Gasteiger partial charge >= 0.3 is 0 Å². The Kier molecular flexibility index (Phi) is 4.43. The van der Waals surface area contributed by atoms with Crippen molar-refractivity contribution >= 4 is 15.9 Å². The number of nitrogens with one attached hydrogen (secondary N) is 2. The first-order valence-electron chi connectivity index (χ1n) is 5.89. The summed E-state index contributed by atoms with van der Waals surface area (Å²) in [5, 5.41) is 17.4. The number of nitrogens with zero attached hydrogens (tertiary/aromatic N) is 3. The maximum Gasteiger partial charge on any atom is 0.191 e. The second kappa shape index (κ2) is 6.06. The number of hydrogen-bond acceptors (Lipinski definition) is 4. The monoisotopic (exact) mass is 309 g/mol. The van der Waals surface area contributed by atoms with E-state index in [0.29, 0.717) is 11.9 Å². The summed E-state index contributed by atoms with van der Waals surface area (Å²) >= 11 is 3.44. The van der Waals surface area contributed by atoms with Crippen LogP contribution in [0, 0.1) is 0 Å². The van der Waals surface area contributed by atoms with Crippen LogP contribution in [-0.4, -0.2) is 26.7 Å². The lowest BCUT2D eigenvalue weighted by molar-refractivity contribution is 0.462. The Morgan fingerprint density at radius 2 is 2.00 bits per heavy atom. The van der Waals surface area contributed by atoms with Gasteiger partial charge in [0, 0.05) is 10.5 Å². The van der Waals surface area contributed by atoms with Gasteiger partial charge in [0.05, 0.1) is 6.04 Å². The minimum absolute atomic E-state index is 0.0919. The first-order valence-corrected chi connectivity index (χ1v) is 6.68. The molecular formula is C12H16BrN5. The van der Waals surface area contributed by atoms with Crippen LogP contribution in [0.25, 0.3) is 0 Å². The molecule has 0 spiro atoms. The van der Waals surface area contributed by atoms with Gasteiger partial charge in [0.25, 0.3) is 0 Å². The number of rotatable bonds is 5. The normalized spacial score (nSPS) is 14.4. The minimum atomic E-state index is 0.0919. The van der Waals surface area contributed by atoms with Crippen molar-refractivity contribution in [3.63, 3.8) is 0 Å². The Morgan fingerprint density at radius 1 is 1.28 bits per heavy atom. The van der Waals surface area contributed by atoms with E-state index in [1.807, 2.05) is 6.92 Å². The molecule has 2 rings (SSSR count). The third kappa shape index (κ3) is 3.61. The lowest BCUT2D eigenvalue weighted by atomic mass is 10.1. The molecule has 1 heterocycles. The molecule has 2 N–H and O–H groups in total. The van der Waals surface area contributed by atoms with Crippen LogP contribution in [0.15, 0.2) is 28.7 Å². The molecule has 0 amide bonds. The fraction of sp³-hybridized carbons (Fsp3) is 0.417. The summed E-state index contributed by atoms with van der Waals surface area (Å²) in [4.78, 5) is 0. The van der Waals surface area contributed by atoms with Gasteiger partial charge in [-0.15, -0.1) is 10.2 Å². The predicted octanol–water partition coefficient (Wildman–Crippen LogP) is 2.24. The van der Waals surface area contributed by atoms with Crippen molar-refractivity contribution in [3.8, 4) is 0 Å². The molecule has 0 saturated heterocycles. The van der Waals surface area contributed by atoms with Crippen LogP contribution in [0.4, 0.5) is 0 Å². The van der Waals surface area contributed by atoms with Crippen molar-refractivity contribution in [1.29, 1.82) is 0 Å². The first-order chi connectivity index (χ1) is 8.65. The van der Waals surface area contributed by atoms with Crippen molar-refractivity contribution in [2.24, 2.45) is 0 Å². The second-order valence-electron chi connectivity index (χ2n) is 4.39. The first kappa shape index (κ1) is 13.2. The molecule has 2 atom stereocenters. The standard InChI is InChI=1S/C12H16BrN5/c1-8(7-10-3-5-11(13)6-4-10)14-9(2)12-15-17-18-16-12/h3-6,8-9,14H,7H2,1-2H3,(H,15,16,17,18). The molecule has 0 aliphatic heterocycles. The highest BCUT2D eigenvalue weighted by molar-refractivity contribution is 9.10. The summed E-state index contributed by atoms with van der Waals surface area (Å²) in [5.74, 6) is 0.692. The fourth-order valence-corrected chi connectivity index (χ4v) is 2.15. The van der Waals surface area contributed by atoms with E-state index in [-0.39, 0.29) is 6.04 Å². The fourth-order valence-electron chi connectivity index (χ4n) is 1.89. The predicted molar refractivity (Wildman–Crippen MR) is 73.0 cm³/mol. The Labute approximate surface area is 115 Å². The Balaban J connectivity index is 1.88. The summed E-state index contributed by atoms with van der Waals surface area (Å²) in [6.45, 7) is 4.18. The molecule has 1 aromatic heterocycles. The van der Waals surface area contributed by atoms with E-state index in [1.54, 1.807) is 0 Å². The van der Waals surface area contributed by atoms with Crippen LogP contribution in [0.5, 0.6) is 0 Å². The molecule has 96 valence electrons. The Bertz CT molecular complexity index is 468. The molecule has 0 bridgehead atoms. The molecule has 1 aromatic carbocycles.